The van der Waals surface area contributed by atoms with Gasteiger partial charge in [-0.25, -0.2) is 0 Å². The second-order valence-electron chi connectivity index (χ2n) is 5.49. The van der Waals surface area contributed by atoms with Crippen molar-refractivity contribution in [3.63, 3.8) is 0 Å². The van der Waals surface area contributed by atoms with Gasteiger partial charge in [-0.3, -0.25) is 0 Å². The lowest BCUT2D eigenvalue weighted by Crippen LogP contribution is -2.45. The van der Waals surface area contributed by atoms with E-state index in [-0.39, 0.29) is 0 Å². The zero-order chi connectivity index (χ0) is 13.3. The molecule has 0 aliphatic carbocycles. The lowest BCUT2D eigenvalue weighted by atomic mass is 9.81. The molecule has 104 valence electrons. The molecule has 0 saturated heterocycles. The molecular formula is C15H34N2. The van der Waals surface area contributed by atoms with Crippen molar-refractivity contribution in [2.75, 3.05) is 19.6 Å². The number of hydrogen-bond donors (Lipinski definition) is 1. The van der Waals surface area contributed by atoms with Crippen LogP contribution in [0.3, 0.4) is 0 Å². The number of nitrogens with zero attached hydrogens (tertiary/aromatic N) is 1. The summed E-state index contributed by atoms with van der Waals surface area (Å²) < 4.78 is 0. The molecule has 17 heavy (non-hydrogen) atoms. The summed E-state index contributed by atoms with van der Waals surface area (Å²) in [5, 5.41) is 0. The van der Waals surface area contributed by atoms with Crippen molar-refractivity contribution in [2.24, 2.45) is 11.1 Å². The van der Waals surface area contributed by atoms with E-state index in [4.69, 9.17) is 5.73 Å². The Morgan fingerprint density at radius 1 is 1.12 bits per heavy atom. The molecule has 0 aromatic carbocycles. The van der Waals surface area contributed by atoms with E-state index in [1.807, 2.05) is 0 Å². The quantitative estimate of drug-likeness (QED) is 0.633. The van der Waals surface area contributed by atoms with Gasteiger partial charge in [0.2, 0.25) is 0 Å². The molecule has 0 aliphatic rings. The van der Waals surface area contributed by atoms with Gasteiger partial charge in [0.15, 0.2) is 0 Å². The van der Waals surface area contributed by atoms with Crippen molar-refractivity contribution in [2.45, 2.75) is 72.8 Å². The van der Waals surface area contributed by atoms with E-state index in [9.17, 15) is 0 Å². The minimum Gasteiger partial charge on any atom is -0.330 e. The van der Waals surface area contributed by atoms with Crippen LogP contribution >= 0.6 is 0 Å². The fourth-order valence-corrected chi connectivity index (χ4v) is 2.33. The fourth-order valence-electron chi connectivity index (χ4n) is 2.33. The maximum atomic E-state index is 6.02. The van der Waals surface area contributed by atoms with Crippen LogP contribution in [0.2, 0.25) is 0 Å². The Balaban J connectivity index is 4.57. The first-order chi connectivity index (χ1) is 8.09. The number of hydrogen-bond acceptors (Lipinski definition) is 2. The van der Waals surface area contributed by atoms with Gasteiger partial charge in [0, 0.05) is 12.6 Å². The Bertz CT molecular complexity index is 167. The third-order valence-corrected chi connectivity index (χ3v) is 4.48. The predicted molar refractivity (Wildman–Crippen MR) is 78.3 cm³/mol. The largest absolute Gasteiger partial charge is 0.330 e. The van der Waals surface area contributed by atoms with E-state index in [0.717, 1.165) is 6.54 Å². The monoisotopic (exact) mass is 242 g/mol. The van der Waals surface area contributed by atoms with Crippen LogP contribution in [0, 0.1) is 5.41 Å². The first kappa shape index (κ1) is 16.9. The van der Waals surface area contributed by atoms with Gasteiger partial charge in [-0.2, -0.15) is 0 Å². The van der Waals surface area contributed by atoms with Crippen molar-refractivity contribution in [1.82, 2.24) is 4.90 Å². The van der Waals surface area contributed by atoms with Crippen LogP contribution in [0.5, 0.6) is 0 Å². The van der Waals surface area contributed by atoms with Gasteiger partial charge in [-0.1, -0.05) is 34.1 Å². The summed E-state index contributed by atoms with van der Waals surface area (Å²) in [6.45, 7) is 14.7. The zero-order valence-electron chi connectivity index (χ0n) is 12.8. The van der Waals surface area contributed by atoms with Gasteiger partial charge in [-0.05, 0) is 51.1 Å². The lowest BCUT2D eigenvalue weighted by Gasteiger charge is -2.39. The number of nitrogens with two attached hydrogens (primary N) is 1. The molecule has 0 spiro atoms. The molecule has 0 radical (unpaired) electrons. The molecule has 0 rings (SSSR count). The summed E-state index contributed by atoms with van der Waals surface area (Å²) >= 11 is 0. The minimum absolute atomic E-state index is 0.331. The smallest absolute Gasteiger partial charge is 0.00645 e. The number of unbranched alkanes of at least 4 members (excludes halogenated alkanes) is 1. The maximum Gasteiger partial charge on any atom is 0.00645 e. The van der Waals surface area contributed by atoms with Gasteiger partial charge in [0.05, 0.1) is 0 Å². The minimum atomic E-state index is 0.331. The molecule has 0 bridgehead atoms. The van der Waals surface area contributed by atoms with Crippen LogP contribution in [-0.2, 0) is 0 Å². The van der Waals surface area contributed by atoms with Crippen molar-refractivity contribution in [3.8, 4) is 0 Å². The van der Waals surface area contributed by atoms with E-state index in [1.54, 1.807) is 0 Å². The first-order valence-corrected chi connectivity index (χ1v) is 7.53. The molecule has 0 aromatic rings. The van der Waals surface area contributed by atoms with Crippen LogP contribution in [0.4, 0.5) is 0 Å². The Kier molecular flexibility index (Phi) is 8.89. The Morgan fingerprint density at radius 3 is 2.06 bits per heavy atom. The van der Waals surface area contributed by atoms with Crippen molar-refractivity contribution in [1.29, 1.82) is 0 Å². The van der Waals surface area contributed by atoms with Gasteiger partial charge < -0.3 is 10.6 Å². The predicted octanol–water partition coefficient (Wildman–Crippen LogP) is 3.65. The third kappa shape index (κ3) is 5.39. The summed E-state index contributed by atoms with van der Waals surface area (Å²) in [6.07, 6.45) is 6.20. The zero-order valence-corrected chi connectivity index (χ0v) is 12.8. The van der Waals surface area contributed by atoms with Crippen LogP contribution in [0.25, 0.3) is 0 Å². The highest BCUT2D eigenvalue weighted by Gasteiger charge is 2.28. The summed E-state index contributed by atoms with van der Waals surface area (Å²) in [6, 6.07) is 0.686. The average Bonchev–Trinajstić information content (AvgIpc) is 2.39. The fraction of sp³-hybridized carbons (Fsp3) is 1.00. The summed E-state index contributed by atoms with van der Waals surface area (Å²) in [5.74, 6) is 0. The van der Waals surface area contributed by atoms with E-state index >= 15 is 0 Å². The highest BCUT2D eigenvalue weighted by atomic mass is 15.2. The third-order valence-electron chi connectivity index (χ3n) is 4.48. The van der Waals surface area contributed by atoms with E-state index in [2.05, 4.69) is 39.5 Å². The van der Waals surface area contributed by atoms with Crippen molar-refractivity contribution >= 4 is 0 Å². The molecule has 0 aromatic heterocycles. The normalized spacial score (nSPS) is 14.3. The molecule has 0 saturated carbocycles. The van der Waals surface area contributed by atoms with E-state index < -0.39 is 0 Å². The number of rotatable bonds is 10. The van der Waals surface area contributed by atoms with Gasteiger partial charge in [-0.15, -0.1) is 0 Å². The highest BCUT2D eigenvalue weighted by Crippen LogP contribution is 2.27. The molecule has 2 heteroatoms. The molecule has 0 heterocycles. The SMILES string of the molecule is CCCCN(CC(CC)(CC)CN)C(C)CC. The molecule has 2 nitrogen and oxygen atoms in total. The second kappa shape index (κ2) is 8.93. The van der Waals surface area contributed by atoms with Crippen LogP contribution in [0.1, 0.15) is 66.7 Å². The summed E-state index contributed by atoms with van der Waals surface area (Å²) in [4.78, 5) is 2.66. The van der Waals surface area contributed by atoms with Crippen molar-refractivity contribution in [3.05, 3.63) is 0 Å². The highest BCUT2D eigenvalue weighted by molar-refractivity contribution is 4.83. The average molecular weight is 242 g/mol. The summed E-state index contributed by atoms with van der Waals surface area (Å²) in [7, 11) is 0. The molecule has 0 fully saturated rings. The Morgan fingerprint density at radius 2 is 1.71 bits per heavy atom. The molecule has 1 unspecified atom stereocenters. The molecule has 2 N–H and O–H groups in total. The van der Waals surface area contributed by atoms with Crippen LogP contribution < -0.4 is 5.73 Å². The topological polar surface area (TPSA) is 29.3 Å². The first-order valence-electron chi connectivity index (χ1n) is 7.53. The Labute approximate surface area is 109 Å². The van der Waals surface area contributed by atoms with Gasteiger partial charge in [0.1, 0.15) is 0 Å². The maximum absolute atomic E-state index is 6.02. The molecule has 0 amide bonds. The van der Waals surface area contributed by atoms with E-state index in [1.165, 1.54) is 45.2 Å². The summed E-state index contributed by atoms with van der Waals surface area (Å²) in [5.41, 5.74) is 6.35. The molecule has 1 atom stereocenters. The van der Waals surface area contributed by atoms with Gasteiger partial charge in [0.25, 0.3) is 0 Å². The van der Waals surface area contributed by atoms with Crippen molar-refractivity contribution < 1.29 is 0 Å². The van der Waals surface area contributed by atoms with Crippen LogP contribution in [-0.4, -0.2) is 30.6 Å². The standard InChI is InChI=1S/C15H34N2/c1-6-10-11-17(14(5)7-2)13-15(8-3,9-4)12-16/h14H,6-13,16H2,1-5H3. The molecular weight excluding hydrogens is 208 g/mol. The second-order valence-corrected chi connectivity index (χ2v) is 5.49. The van der Waals surface area contributed by atoms with Crippen LogP contribution in [0.15, 0.2) is 0 Å². The van der Waals surface area contributed by atoms with Gasteiger partial charge >= 0.3 is 0 Å². The Hall–Kier alpha value is -0.0800. The van der Waals surface area contributed by atoms with E-state index in [0.29, 0.717) is 11.5 Å². The lowest BCUT2D eigenvalue weighted by molar-refractivity contribution is 0.107. The molecule has 0 aliphatic heterocycles.